The summed E-state index contributed by atoms with van der Waals surface area (Å²) in [7, 11) is 3.39. The van der Waals surface area contributed by atoms with Gasteiger partial charge in [0.05, 0.1) is 0 Å². The zero-order valence-corrected chi connectivity index (χ0v) is 13.4. The van der Waals surface area contributed by atoms with Crippen LogP contribution in [0, 0.1) is 0 Å². The third-order valence-corrected chi connectivity index (χ3v) is 2.93. The van der Waals surface area contributed by atoms with Gasteiger partial charge in [-0.3, -0.25) is 0 Å². The molecular formula is C15H28N4O2. The van der Waals surface area contributed by atoms with Crippen LogP contribution in [0.5, 0.6) is 0 Å². The van der Waals surface area contributed by atoms with E-state index in [9.17, 15) is 0 Å². The molecule has 0 bridgehead atoms. The van der Waals surface area contributed by atoms with Gasteiger partial charge < -0.3 is 20.1 Å². The molecule has 21 heavy (non-hydrogen) atoms. The standard InChI is InChI=1S/C15H28N4O2/c1-4-8-16-13-11-14(19-15(18-13)12-21-3)17-9-6-5-7-10-20-2/h11H,4-10,12H2,1-3H3,(H2,16,17,18,19). The van der Waals surface area contributed by atoms with Crippen molar-refractivity contribution in [2.45, 2.75) is 39.2 Å². The van der Waals surface area contributed by atoms with Crippen molar-refractivity contribution in [1.29, 1.82) is 0 Å². The zero-order valence-electron chi connectivity index (χ0n) is 13.4. The second kappa shape index (κ2) is 11.3. The fourth-order valence-corrected chi connectivity index (χ4v) is 1.89. The predicted octanol–water partition coefficient (Wildman–Crippen LogP) is 2.67. The van der Waals surface area contributed by atoms with Crippen molar-refractivity contribution < 1.29 is 9.47 Å². The number of nitrogens with one attached hydrogen (secondary N) is 2. The SMILES string of the molecule is CCCNc1cc(NCCCCCOC)nc(COC)n1. The normalized spacial score (nSPS) is 10.6. The van der Waals surface area contributed by atoms with Crippen LogP contribution in [0.2, 0.25) is 0 Å². The molecule has 0 atom stereocenters. The molecule has 6 nitrogen and oxygen atoms in total. The van der Waals surface area contributed by atoms with Crippen molar-refractivity contribution >= 4 is 11.6 Å². The van der Waals surface area contributed by atoms with E-state index < -0.39 is 0 Å². The molecule has 1 aromatic heterocycles. The van der Waals surface area contributed by atoms with Gasteiger partial charge in [-0.1, -0.05) is 6.92 Å². The minimum absolute atomic E-state index is 0.421. The summed E-state index contributed by atoms with van der Waals surface area (Å²) in [5.41, 5.74) is 0. The molecule has 0 aliphatic heterocycles. The lowest BCUT2D eigenvalue weighted by Gasteiger charge is -2.11. The number of ether oxygens (including phenoxy) is 2. The average Bonchev–Trinajstić information content (AvgIpc) is 2.49. The Kier molecular flexibility index (Phi) is 9.48. The lowest BCUT2D eigenvalue weighted by molar-refractivity contribution is 0.178. The third kappa shape index (κ3) is 7.82. The lowest BCUT2D eigenvalue weighted by atomic mass is 10.2. The van der Waals surface area contributed by atoms with Crippen LogP contribution >= 0.6 is 0 Å². The van der Waals surface area contributed by atoms with Crippen molar-refractivity contribution in [1.82, 2.24) is 9.97 Å². The Morgan fingerprint density at radius 1 is 0.952 bits per heavy atom. The molecule has 0 radical (unpaired) electrons. The van der Waals surface area contributed by atoms with Crippen molar-refractivity contribution in [2.75, 3.05) is 44.5 Å². The van der Waals surface area contributed by atoms with Gasteiger partial charge in [-0.05, 0) is 25.7 Å². The Hall–Kier alpha value is -1.40. The zero-order chi connectivity index (χ0) is 15.3. The second-order valence-electron chi connectivity index (χ2n) is 4.89. The first-order valence-electron chi connectivity index (χ1n) is 7.63. The summed E-state index contributed by atoms with van der Waals surface area (Å²) < 4.78 is 10.2. The Balaban J connectivity index is 2.48. The Morgan fingerprint density at radius 2 is 1.67 bits per heavy atom. The highest BCUT2D eigenvalue weighted by molar-refractivity contribution is 5.47. The van der Waals surface area contributed by atoms with Crippen LogP contribution in [-0.4, -0.2) is 43.9 Å². The van der Waals surface area contributed by atoms with Gasteiger partial charge in [0.1, 0.15) is 18.2 Å². The van der Waals surface area contributed by atoms with Crippen LogP contribution in [0.25, 0.3) is 0 Å². The van der Waals surface area contributed by atoms with E-state index in [1.165, 1.54) is 0 Å². The van der Waals surface area contributed by atoms with Crippen LogP contribution < -0.4 is 10.6 Å². The van der Waals surface area contributed by atoms with Crippen LogP contribution in [0.3, 0.4) is 0 Å². The fraction of sp³-hybridized carbons (Fsp3) is 0.733. The van der Waals surface area contributed by atoms with E-state index in [1.54, 1.807) is 14.2 Å². The second-order valence-corrected chi connectivity index (χ2v) is 4.89. The highest BCUT2D eigenvalue weighted by Gasteiger charge is 2.04. The van der Waals surface area contributed by atoms with Gasteiger partial charge in [0.25, 0.3) is 0 Å². The summed E-state index contributed by atoms with van der Waals surface area (Å²) in [4.78, 5) is 8.88. The maximum atomic E-state index is 5.12. The Bertz CT molecular complexity index is 388. The smallest absolute Gasteiger partial charge is 0.158 e. The molecule has 0 aliphatic rings. The first kappa shape index (κ1) is 17.7. The molecule has 0 unspecified atom stereocenters. The van der Waals surface area contributed by atoms with Crippen LogP contribution in [-0.2, 0) is 16.1 Å². The molecule has 0 spiro atoms. The van der Waals surface area contributed by atoms with Gasteiger partial charge in [-0.15, -0.1) is 0 Å². The lowest BCUT2D eigenvalue weighted by Crippen LogP contribution is -2.10. The number of methoxy groups -OCH3 is 2. The number of hydrogen-bond donors (Lipinski definition) is 2. The largest absolute Gasteiger partial charge is 0.385 e. The third-order valence-electron chi connectivity index (χ3n) is 2.93. The topological polar surface area (TPSA) is 68.3 Å². The van der Waals surface area contributed by atoms with Crippen molar-refractivity contribution in [3.8, 4) is 0 Å². The number of anilines is 2. The quantitative estimate of drug-likeness (QED) is 0.578. The molecule has 0 aromatic carbocycles. The number of unbranched alkanes of at least 4 members (excludes halogenated alkanes) is 2. The highest BCUT2D eigenvalue weighted by Crippen LogP contribution is 2.12. The number of nitrogens with zero attached hydrogens (tertiary/aromatic N) is 2. The van der Waals surface area contributed by atoms with Gasteiger partial charge in [0.2, 0.25) is 0 Å². The van der Waals surface area contributed by atoms with Gasteiger partial charge >= 0.3 is 0 Å². The molecule has 0 fully saturated rings. The van der Waals surface area contributed by atoms with Crippen LogP contribution in [0.1, 0.15) is 38.4 Å². The Morgan fingerprint density at radius 3 is 2.29 bits per heavy atom. The van der Waals surface area contributed by atoms with E-state index in [4.69, 9.17) is 9.47 Å². The molecule has 0 aliphatic carbocycles. The molecule has 1 heterocycles. The summed E-state index contributed by atoms with van der Waals surface area (Å²) in [6.07, 6.45) is 4.41. The molecule has 0 saturated heterocycles. The van der Waals surface area contributed by atoms with E-state index in [0.717, 1.165) is 57.0 Å². The summed E-state index contributed by atoms with van der Waals surface area (Å²) in [5.74, 6) is 2.39. The van der Waals surface area contributed by atoms with Gasteiger partial charge in [0.15, 0.2) is 5.82 Å². The monoisotopic (exact) mass is 296 g/mol. The summed E-state index contributed by atoms with van der Waals surface area (Å²) in [6.45, 7) is 5.18. The average molecular weight is 296 g/mol. The van der Waals surface area contributed by atoms with Crippen molar-refractivity contribution in [3.63, 3.8) is 0 Å². The molecule has 6 heteroatoms. The first-order valence-corrected chi connectivity index (χ1v) is 7.63. The maximum absolute atomic E-state index is 5.12. The van der Waals surface area contributed by atoms with Crippen LogP contribution in [0.4, 0.5) is 11.6 Å². The predicted molar refractivity (Wildman–Crippen MR) is 85.7 cm³/mol. The summed E-state index contributed by atoms with van der Waals surface area (Å²) in [6, 6.07) is 1.95. The summed E-state index contributed by atoms with van der Waals surface area (Å²) in [5, 5.41) is 6.64. The van der Waals surface area contributed by atoms with Crippen molar-refractivity contribution in [3.05, 3.63) is 11.9 Å². The highest BCUT2D eigenvalue weighted by atomic mass is 16.5. The van der Waals surface area contributed by atoms with Crippen molar-refractivity contribution in [2.24, 2.45) is 0 Å². The minimum Gasteiger partial charge on any atom is -0.385 e. The molecule has 0 saturated carbocycles. The van der Waals surface area contributed by atoms with Gasteiger partial charge in [-0.25, -0.2) is 9.97 Å². The maximum Gasteiger partial charge on any atom is 0.158 e. The minimum atomic E-state index is 0.421. The van der Waals surface area contributed by atoms with E-state index >= 15 is 0 Å². The van der Waals surface area contributed by atoms with E-state index in [1.807, 2.05) is 6.07 Å². The molecule has 120 valence electrons. The van der Waals surface area contributed by atoms with E-state index in [2.05, 4.69) is 27.5 Å². The number of aromatic nitrogens is 2. The fourth-order valence-electron chi connectivity index (χ4n) is 1.89. The van der Waals surface area contributed by atoms with Gasteiger partial charge in [-0.2, -0.15) is 0 Å². The molecular weight excluding hydrogens is 268 g/mol. The van der Waals surface area contributed by atoms with E-state index in [-0.39, 0.29) is 0 Å². The number of rotatable bonds is 12. The van der Waals surface area contributed by atoms with Crippen LogP contribution in [0.15, 0.2) is 6.07 Å². The van der Waals surface area contributed by atoms with Gasteiger partial charge in [0, 0.05) is 40.0 Å². The first-order chi connectivity index (χ1) is 10.3. The Labute approximate surface area is 127 Å². The van der Waals surface area contributed by atoms with E-state index in [0.29, 0.717) is 12.4 Å². The molecule has 0 amide bonds. The summed E-state index contributed by atoms with van der Waals surface area (Å²) >= 11 is 0. The number of hydrogen-bond acceptors (Lipinski definition) is 6. The molecule has 1 rings (SSSR count). The molecule has 2 N–H and O–H groups in total. The molecule has 1 aromatic rings.